The predicted octanol–water partition coefficient (Wildman–Crippen LogP) is 1.44. The summed E-state index contributed by atoms with van der Waals surface area (Å²) in [7, 11) is -1.90. The number of aromatic nitrogens is 3. The van der Waals surface area contributed by atoms with Crippen LogP contribution in [0.15, 0.2) is 52.1 Å². The Kier molecular flexibility index (Phi) is 6.63. The first kappa shape index (κ1) is 23.1. The fourth-order valence-electron chi connectivity index (χ4n) is 3.94. The van der Waals surface area contributed by atoms with E-state index in [0.29, 0.717) is 44.2 Å². The first-order chi connectivity index (χ1) is 15.8. The molecule has 4 rings (SSSR count). The average molecular weight is 473 g/mol. The molecule has 0 spiro atoms. The number of carbonyl (C=O) groups is 1. The normalized spacial score (nSPS) is 15.6. The van der Waals surface area contributed by atoms with Gasteiger partial charge >= 0.3 is 0 Å². The minimum absolute atomic E-state index is 0.0236. The van der Waals surface area contributed by atoms with Crippen LogP contribution >= 0.6 is 0 Å². The number of piperazine rings is 1. The van der Waals surface area contributed by atoms with Gasteiger partial charge in [0.1, 0.15) is 10.6 Å². The number of nitrogens with zero attached hydrogens (tertiary/aromatic N) is 6. The molecule has 2 aromatic heterocycles. The minimum Gasteiger partial charge on any atom is -0.360 e. The predicted molar refractivity (Wildman–Crippen MR) is 121 cm³/mol. The van der Waals surface area contributed by atoms with Crippen LogP contribution in [0.2, 0.25) is 0 Å². The fraction of sp³-hybridized carbons (Fsp3) is 0.409. The standard InChI is InChI=1S/C22H28N6O4S/c1-17-22(18(2)32-24-17)33(30,31)27-11-9-26(10-12-27)16-21(29)25(3)14-19-13-23-28(15-19)20-7-5-4-6-8-20/h4-8,13,15H,9-12,14,16H2,1-3H3. The number of sulfonamides is 1. The number of hydrogen-bond donors (Lipinski definition) is 0. The Hall–Kier alpha value is -3.02. The molecule has 1 fully saturated rings. The average Bonchev–Trinajstić information content (AvgIpc) is 3.41. The molecule has 176 valence electrons. The van der Waals surface area contributed by atoms with Crippen LogP contribution in [0.1, 0.15) is 17.0 Å². The maximum atomic E-state index is 13.0. The zero-order chi connectivity index (χ0) is 23.6. The molecule has 3 heterocycles. The molecule has 10 nitrogen and oxygen atoms in total. The fourth-order valence-corrected chi connectivity index (χ4v) is 5.65. The lowest BCUT2D eigenvalue weighted by atomic mass is 10.3. The molecule has 1 aromatic carbocycles. The number of para-hydroxylation sites is 1. The van der Waals surface area contributed by atoms with Gasteiger partial charge in [0.05, 0.1) is 18.4 Å². The summed E-state index contributed by atoms with van der Waals surface area (Å²) in [5, 5.41) is 8.13. The van der Waals surface area contributed by atoms with Crippen LogP contribution in [0.4, 0.5) is 0 Å². The van der Waals surface area contributed by atoms with Gasteiger partial charge in [-0.2, -0.15) is 9.40 Å². The number of likely N-dealkylation sites (N-methyl/N-ethyl adjacent to an activating group) is 1. The molecule has 0 N–H and O–H groups in total. The number of hydrogen-bond acceptors (Lipinski definition) is 7. The zero-order valence-electron chi connectivity index (χ0n) is 19.0. The Labute approximate surface area is 193 Å². The maximum Gasteiger partial charge on any atom is 0.248 e. The van der Waals surface area contributed by atoms with Gasteiger partial charge in [-0.1, -0.05) is 23.4 Å². The molecule has 0 saturated carbocycles. The van der Waals surface area contributed by atoms with Gasteiger partial charge in [0.15, 0.2) is 5.76 Å². The molecule has 1 amide bonds. The van der Waals surface area contributed by atoms with Crippen molar-refractivity contribution in [1.82, 2.24) is 29.0 Å². The molecule has 0 bridgehead atoms. The molecule has 0 aliphatic carbocycles. The number of carbonyl (C=O) groups excluding carboxylic acids is 1. The van der Waals surface area contributed by atoms with E-state index in [0.717, 1.165) is 11.3 Å². The number of rotatable bonds is 7. The molecule has 0 unspecified atom stereocenters. The van der Waals surface area contributed by atoms with Crippen molar-refractivity contribution in [2.75, 3.05) is 39.8 Å². The lowest BCUT2D eigenvalue weighted by Crippen LogP contribution is -2.51. The lowest BCUT2D eigenvalue weighted by molar-refractivity contribution is -0.131. The van der Waals surface area contributed by atoms with Crippen molar-refractivity contribution in [2.45, 2.75) is 25.3 Å². The van der Waals surface area contributed by atoms with Crippen molar-refractivity contribution < 1.29 is 17.7 Å². The zero-order valence-corrected chi connectivity index (χ0v) is 19.8. The van der Waals surface area contributed by atoms with E-state index in [4.69, 9.17) is 4.52 Å². The second-order valence-corrected chi connectivity index (χ2v) is 10.1. The van der Waals surface area contributed by atoms with Gasteiger partial charge in [-0.15, -0.1) is 0 Å². The highest BCUT2D eigenvalue weighted by atomic mass is 32.2. The largest absolute Gasteiger partial charge is 0.360 e. The molecular weight excluding hydrogens is 444 g/mol. The molecule has 11 heteroatoms. The third-order valence-electron chi connectivity index (χ3n) is 5.76. The smallest absolute Gasteiger partial charge is 0.248 e. The van der Waals surface area contributed by atoms with E-state index < -0.39 is 10.0 Å². The SMILES string of the molecule is Cc1noc(C)c1S(=O)(=O)N1CCN(CC(=O)N(C)Cc2cnn(-c3ccccc3)c2)CC1. The van der Waals surface area contributed by atoms with Crippen LogP contribution < -0.4 is 0 Å². The van der Waals surface area contributed by atoms with Crippen LogP contribution in [0.3, 0.4) is 0 Å². The summed E-state index contributed by atoms with van der Waals surface area (Å²) in [5.74, 6) is 0.270. The van der Waals surface area contributed by atoms with Gasteiger partial charge in [-0.3, -0.25) is 9.69 Å². The molecule has 3 aromatic rings. The van der Waals surface area contributed by atoms with Crippen LogP contribution in [-0.2, 0) is 21.4 Å². The van der Waals surface area contributed by atoms with Gasteiger partial charge in [0, 0.05) is 51.5 Å². The third-order valence-corrected chi connectivity index (χ3v) is 7.90. The maximum absolute atomic E-state index is 13.0. The highest BCUT2D eigenvalue weighted by molar-refractivity contribution is 7.89. The topological polar surface area (TPSA) is 105 Å². The summed E-state index contributed by atoms with van der Waals surface area (Å²) in [6.45, 7) is 5.50. The van der Waals surface area contributed by atoms with E-state index in [9.17, 15) is 13.2 Å². The number of aryl methyl sites for hydroxylation is 2. The Bertz CT molecular complexity index is 1190. The van der Waals surface area contributed by atoms with Gasteiger partial charge in [0.25, 0.3) is 0 Å². The number of amides is 1. The molecule has 1 aliphatic rings. The van der Waals surface area contributed by atoms with Crippen molar-refractivity contribution in [2.24, 2.45) is 0 Å². The van der Waals surface area contributed by atoms with E-state index in [2.05, 4.69) is 10.3 Å². The van der Waals surface area contributed by atoms with E-state index in [1.165, 1.54) is 4.31 Å². The van der Waals surface area contributed by atoms with E-state index in [1.54, 1.807) is 36.7 Å². The van der Waals surface area contributed by atoms with Crippen molar-refractivity contribution in [1.29, 1.82) is 0 Å². The van der Waals surface area contributed by atoms with Gasteiger partial charge in [0.2, 0.25) is 15.9 Å². The van der Waals surface area contributed by atoms with Crippen molar-refractivity contribution in [3.05, 3.63) is 59.7 Å². The van der Waals surface area contributed by atoms with E-state index in [1.807, 2.05) is 41.4 Å². The Balaban J connectivity index is 1.30. The second-order valence-electron chi connectivity index (χ2n) is 8.21. The molecular formula is C22H28N6O4S. The first-order valence-electron chi connectivity index (χ1n) is 10.7. The quantitative estimate of drug-likeness (QED) is 0.512. The highest BCUT2D eigenvalue weighted by Gasteiger charge is 2.33. The summed E-state index contributed by atoms with van der Waals surface area (Å²) in [4.78, 5) is 16.5. The van der Waals surface area contributed by atoms with Crippen LogP contribution in [-0.4, -0.2) is 83.1 Å². The van der Waals surface area contributed by atoms with Crippen LogP contribution in [0.5, 0.6) is 0 Å². The summed E-state index contributed by atoms with van der Waals surface area (Å²) in [5.41, 5.74) is 2.26. The lowest BCUT2D eigenvalue weighted by Gasteiger charge is -2.34. The minimum atomic E-state index is -3.66. The highest BCUT2D eigenvalue weighted by Crippen LogP contribution is 2.24. The molecule has 0 atom stereocenters. The van der Waals surface area contributed by atoms with E-state index >= 15 is 0 Å². The van der Waals surface area contributed by atoms with Gasteiger partial charge in [-0.05, 0) is 26.0 Å². The van der Waals surface area contributed by atoms with Crippen molar-refractivity contribution in [3.63, 3.8) is 0 Å². The third kappa shape index (κ3) is 5.00. The Morgan fingerprint density at radius 2 is 1.82 bits per heavy atom. The van der Waals surface area contributed by atoms with Gasteiger partial charge < -0.3 is 9.42 Å². The Morgan fingerprint density at radius 3 is 2.45 bits per heavy atom. The van der Waals surface area contributed by atoms with Crippen LogP contribution in [0, 0.1) is 13.8 Å². The second kappa shape index (κ2) is 9.46. The molecule has 33 heavy (non-hydrogen) atoms. The van der Waals surface area contributed by atoms with Crippen LogP contribution in [0.25, 0.3) is 5.69 Å². The summed E-state index contributed by atoms with van der Waals surface area (Å²) in [6.07, 6.45) is 3.67. The summed E-state index contributed by atoms with van der Waals surface area (Å²) < 4.78 is 34.2. The molecule has 0 radical (unpaired) electrons. The summed E-state index contributed by atoms with van der Waals surface area (Å²) >= 11 is 0. The summed E-state index contributed by atoms with van der Waals surface area (Å²) in [6, 6.07) is 9.79. The number of benzene rings is 1. The molecule has 1 aliphatic heterocycles. The molecule has 1 saturated heterocycles. The van der Waals surface area contributed by atoms with Crippen molar-refractivity contribution in [3.8, 4) is 5.69 Å². The van der Waals surface area contributed by atoms with E-state index in [-0.39, 0.29) is 17.3 Å². The monoisotopic (exact) mass is 472 g/mol. The first-order valence-corrected chi connectivity index (χ1v) is 12.2. The van der Waals surface area contributed by atoms with Gasteiger partial charge in [-0.25, -0.2) is 13.1 Å². The Morgan fingerprint density at radius 1 is 1.12 bits per heavy atom. The van der Waals surface area contributed by atoms with Crippen molar-refractivity contribution >= 4 is 15.9 Å².